The van der Waals surface area contributed by atoms with Crippen LogP contribution < -0.4 is 5.32 Å². The number of carbonyl (C=O) groups is 1. The van der Waals surface area contributed by atoms with E-state index in [-0.39, 0.29) is 12.5 Å². The maximum absolute atomic E-state index is 11.6. The van der Waals surface area contributed by atoms with Crippen LogP contribution in [0.1, 0.15) is 84.0 Å². The molecule has 27 heavy (non-hydrogen) atoms. The Kier molecular flexibility index (Phi) is 16.9. The number of phosphoric acid groups is 1. The Hall–Kier alpha value is -0.720. The van der Waals surface area contributed by atoms with E-state index in [9.17, 15) is 14.5 Å². The highest BCUT2D eigenvalue weighted by Gasteiger charge is 2.17. The van der Waals surface area contributed by atoms with E-state index < -0.39 is 20.5 Å². The summed E-state index contributed by atoms with van der Waals surface area (Å²) in [5.41, 5.74) is 0. The van der Waals surface area contributed by atoms with Gasteiger partial charge in [0.2, 0.25) is 5.91 Å². The summed E-state index contributed by atoms with van der Waals surface area (Å²) < 4.78 is 14.7. The number of aliphatic hydroxyl groups excluding tert-OH is 1. The van der Waals surface area contributed by atoms with Gasteiger partial charge in [-0.1, -0.05) is 57.6 Å². The molecule has 0 bridgehead atoms. The van der Waals surface area contributed by atoms with Crippen molar-refractivity contribution in [3.05, 3.63) is 12.2 Å². The molecule has 1 amide bonds. The summed E-state index contributed by atoms with van der Waals surface area (Å²) in [6.45, 7) is 1.63. The van der Waals surface area contributed by atoms with Crippen molar-refractivity contribution in [2.45, 2.75) is 90.1 Å². The number of unbranched alkanes of at least 4 members (excludes halogenated alkanes) is 9. The summed E-state index contributed by atoms with van der Waals surface area (Å²) in [7, 11) is -4.59. The number of hydrogen-bond donors (Lipinski definition) is 4. The Bertz CT molecular complexity index is 438. The van der Waals surface area contributed by atoms with Crippen LogP contribution in [0.3, 0.4) is 0 Å². The van der Waals surface area contributed by atoms with E-state index in [4.69, 9.17) is 9.79 Å². The fraction of sp³-hybridized carbons (Fsp3) is 0.842. The smallest absolute Gasteiger partial charge is 0.389 e. The van der Waals surface area contributed by atoms with Gasteiger partial charge in [0.25, 0.3) is 0 Å². The van der Waals surface area contributed by atoms with Gasteiger partial charge in [0, 0.05) is 13.0 Å². The van der Waals surface area contributed by atoms with Crippen molar-refractivity contribution in [2.24, 2.45) is 0 Å². The van der Waals surface area contributed by atoms with Crippen LogP contribution in [-0.4, -0.2) is 40.1 Å². The minimum atomic E-state index is -4.59. The average molecular weight is 407 g/mol. The molecule has 4 N–H and O–H groups in total. The topological polar surface area (TPSA) is 116 Å². The maximum Gasteiger partial charge on any atom is 0.469 e. The number of amides is 1. The Balaban J connectivity index is 3.41. The molecule has 0 aliphatic rings. The Morgan fingerprint density at radius 3 is 2.15 bits per heavy atom. The summed E-state index contributed by atoms with van der Waals surface area (Å²) >= 11 is 0. The lowest BCUT2D eigenvalue weighted by Gasteiger charge is -2.12. The summed E-state index contributed by atoms with van der Waals surface area (Å²) in [6.07, 6.45) is 16.6. The van der Waals surface area contributed by atoms with Gasteiger partial charge >= 0.3 is 7.82 Å². The van der Waals surface area contributed by atoms with E-state index in [0.29, 0.717) is 6.42 Å². The van der Waals surface area contributed by atoms with Crippen LogP contribution in [0, 0.1) is 0 Å². The lowest BCUT2D eigenvalue weighted by molar-refractivity contribution is -0.121. The highest BCUT2D eigenvalue weighted by Crippen LogP contribution is 2.35. The molecule has 0 aliphatic heterocycles. The third kappa shape index (κ3) is 21.4. The van der Waals surface area contributed by atoms with E-state index in [1.54, 1.807) is 0 Å². The molecule has 1 atom stereocenters. The Morgan fingerprint density at radius 1 is 1.00 bits per heavy atom. The van der Waals surface area contributed by atoms with E-state index in [0.717, 1.165) is 25.7 Å². The van der Waals surface area contributed by atoms with Crippen LogP contribution in [0.15, 0.2) is 12.2 Å². The molecule has 0 aromatic rings. The van der Waals surface area contributed by atoms with Crippen LogP contribution >= 0.6 is 7.82 Å². The monoisotopic (exact) mass is 407 g/mol. The first kappa shape index (κ1) is 26.3. The number of nitrogens with one attached hydrogen (secondary N) is 1. The molecule has 0 spiro atoms. The molecule has 0 rings (SSSR count). The molecule has 0 fully saturated rings. The molecule has 0 aromatic carbocycles. The summed E-state index contributed by atoms with van der Waals surface area (Å²) in [4.78, 5) is 28.7. The number of allylic oxidation sites excluding steroid dienone is 2. The quantitative estimate of drug-likeness (QED) is 0.156. The zero-order chi connectivity index (χ0) is 20.4. The number of carbonyl (C=O) groups excluding carboxylic acids is 1. The molecule has 0 heterocycles. The molecule has 7 nitrogen and oxygen atoms in total. The molecule has 8 heteroatoms. The van der Waals surface area contributed by atoms with Crippen molar-refractivity contribution in [2.75, 3.05) is 13.2 Å². The fourth-order valence-electron chi connectivity index (χ4n) is 2.56. The fourth-order valence-corrected chi connectivity index (χ4v) is 2.93. The third-order valence-electron chi connectivity index (χ3n) is 4.14. The second-order valence-corrected chi connectivity index (χ2v) is 8.11. The standard InChI is InChI=1S/C19H38NO6P/c1-2-3-4-5-6-7-8-9-10-11-12-13-14-15-19(22)20-16-18(21)17-26-27(23,24)25/h7-8,18,21H,2-6,9-17H2,1H3,(H,20,22)(H2,23,24,25). The van der Waals surface area contributed by atoms with Crippen molar-refractivity contribution in [1.29, 1.82) is 0 Å². The largest absolute Gasteiger partial charge is 0.469 e. The van der Waals surface area contributed by atoms with Crippen molar-refractivity contribution in [3.63, 3.8) is 0 Å². The summed E-state index contributed by atoms with van der Waals surface area (Å²) in [5.74, 6) is -0.170. The van der Waals surface area contributed by atoms with Crippen LogP contribution in [0.5, 0.6) is 0 Å². The van der Waals surface area contributed by atoms with E-state index in [2.05, 4.69) is 28.9 Å². The van der Waals surface area contributed by atoms with Crippen LogP contribution in [0.25, 0.3) is 0 Å². The van der Waals surface area contributed by atoms with Gasteiger partial charge in [0.05, 0.1) is 12.7 Å². The SMILES string of the molecule is CCCCCCC=CCCCCCCCC(=O)NCC(O)COP(=O)(O)O. The van der Waals surface area contributed by atoms with E-state index in [1.165, 1.54) is 44.9 Å². The predicted molar refractivity (Wildman–Crippen MR) is 107 cm³/mol. The molecular formula is C19H38NO6P. The highest BCUT2D eigenvalue weighted by molar-refractivity contribution is 7.46. The van der Waals surface area contributed by atoms with Crippen LogP contribution in [0.4, 0.5) is 0 Å². The van der Waals surface area contributed by atoms with Crippen molar-refractivity contribution in [3.8, 4) is 0 Å². The van der Waals surface area contributed by atoms with Gasteiger partial charge in [-0.3, -0.25) is 9.32 Å². The van der Waals surface area contributed by atoms with Gasteiger partial charge in [0.1, 0.15) is 0 Å². The molecular weight excluding hydrogens is 369 g/mol. The molecule has 0 aromatic heterocycles. The van der Waals surface area contributed by atoms with E-state index >= 15 is 0 Å². The molecule has 0 radical (unpaired) electrons. The maximum atomic E-state index is 11.6. The number of rotatable bonds is 18. The van der Waals surface area contributed by atoms with Gasteiger partial charge in [0.15, 0.2) is 0 Å². The number of aliphatic hydroxyl groups is 1. The van der Waals surface area contributed by atoms with Gasteiger partial charge in [-0.2, -0.15) is 0 Å². The minimum Gasteiger partial charge on any atom is -0.389 e. The highest BCUT2D eigenvalue weighted by atomic mass is 31.2. The van der Waals surface area contributed by atoms with Crippen molar-refractivity contribution >= 4 is 13.7 Å². The van der Waals surface area contributed by atoms with Crippen molar-refractivity contribution < 1.29 is 28.8 Å². The molecule has 1 unspecified atom stereocenters. The second-order valence-electron chi connectivity index (χ2n) is 6.87. The van der Waals surface area contributed by atoms with Crippen LogP contribution in [-0.2, 0) is 13.9 Å². The summed E-state index contributed by atoms with van der Waals surface area (Å²) in [5, 5.41) is 12.0. The zero-order valence-electron chi connectivity index (χ0n) is 16.6. The number of hydrogen-bond acceptors (Lipinski definition) is 4. The first-order chi connectivity index (χ1) is 12.8. The minimum absolute atomic E-state index is 0.0797. The Morgan fingerprint density at radius 2 is 1.56 bits per heavy atom. The molecule has 160 valence electrons. The van der Waals surface area contributed by atoms with Gasteiger partial charge in [-0.25, -0.2) is 4.57 Å². The average Bonchev–Trinajstić information content (AvgIpc) is 2.61. The first-order valence-corrected chi connectivity index (χ1v) is 11.7. The Labute approximate surface area is 163 Å². The third-order valence-corrected chi connectivity index (χ3v) is 4.62. The molecule has 0 aliphatic carbocycles. The van der Waals surface area contributed by atoms with Crippen LogP contribution in [0.2, 0.25) is 0 Å². The van der Waals surface area contributed by atoms with Crippen molar-refractivity contribution in [1.82, 2.24) is 5.32 Å². The predicted octanol–water partition coefficient (Wildman–Crippen LogP) is 3.83. The van der Waals surface area contributed by atoms with Gasteiger partial charge < -0.3 is 20.2 Å². The second kappa shape index (κ2) is 17.4. The molecule has 0 saturated heterocycles. The van der Waals surface area contributed by atoms with Gasteiger partial charge in [-0.05, 0) is 32.1 Å². The summed E-state index contributed by atoms with van der Waals surface area (Å²) in [6, 6.07) is 0. The lowest BCUT2D eigenvalue weighted by atomic mass is 10.1. The normalized spacial score (nSPS) is 13.2. The first-order valence-electron chi connectivity index (χ1n) is 10.1. The zero-order valence-corrected chi connectivity index (χ0v) is 17.5. The number of phosphoric ester groups is 1. The van der Waals surface area contributed by atoms with Gasteiger partial charge in [-0.15, -0.1) is 0 Å². The lowest BCUT2D eigenvalue weighted by Crippen LogP contribution is -2.34. The van der Waals surface area contributed by atoms with E-state index in [1.807, 2.05) is 0 Å². The molecule has 0 saturated carbocycles.